The first kappa shape index (κ1) is 15.9. The number of H-pyrrole nitrogens is 1. The molecule has 1 aromatic rings. The van der Waals surface area contributed by atoms with Crippen LogP contribution in [0.5, 0.6) is 0 Å². The Kier molecular flexibility index (Phi) is 7.41. The summed E-state index contributed by atoms with van der Waals surface area (Å²) in [5, 5.41) is 0. The number of unbranched alkanes of at least 4 members (excludes halogenated alkanes) is 3. The molecule has 0 amide bonds. The molecule has 4 heteroatoms. The van der Waals surface area contributed by atoms with Gasteiger partial charge in [0.1, 0.15) is 0 Å². The summed E-state index contributed by atoms with van der Waals surface area (Å²) in [5.41, 5.74) is 6.87. The van der Waals surface area contributed by atoms with Gasteiger partial charge < -0.3 is 10.7 Å². The van der Waals surface area contributed by atoms with Crippen molar-refractivity contribution in [3.63, 3.8) is 0 Å². The number of ketones is 1. The molecule has 0 spiro atoms. The van der Waals surface area contributed by atoms with Gasteiger partial charge in [-0.1, -0.05) is 39.5 Å². The van der Waals surface area contributed by atoms with Gasteiger partial charge in [-0.15, -0.1) is 0 Å². The largest absolute Gasteiger partial charge is 0.351 e. The number of nitrogens with two attached hydrogens (primary N) is 1. The molecule has 0 saturated carbocycles. The van der Waals surface area contributed by atoms with E-state index in [1.165, 1.54) is 19.3 Å². The Morgan fingerprint density at radius 2 is 2.16 bits per heavy atom. The molecule has 0 aliphatic heterocycles. The molecule has 1 aromatic heterocycles. The number of carbonyl (C=O) groups is 1. The predicted octanol–water partition coefficient (Wildman–Crippen LogP) is 2.85. The molecular formula is C15H27N3O. The molecular weight excluding hydrogens is 238 g/mol. The highest BCUT2D eigenvalue weighted by atomic mass is 16.1. The van der Waals surface area contributed by atoms with E-state index in [0.29, 0.717) is 6.42 Å². The van der Waals surface area contributed by atoms with Crippen molar-refractivity contribution in [2.45, 2.75) is 64.8 Å². The van der Waals surface area contributed by atoms with Gasteiger partial charge in [0.25, 0.3) is 0 Å². The van der Waals surface area contributed by atoms with Gasteiger partial charge in [-0.2, -0.15) is 0 Å². The molecule has 1 unspecified atom stereocenters. The highest BCUT2D eigenvalue weighted by molar-refractivity contribution is 5.86. The maximum atomic E-state index is 12.3. The summed E-state index contributed by atoms with van der Waals surface area (Å²) in [5.74, 6) is 0.313. The fraction of sp³-hybridized carbons (Fsp3) is 0.733. The van der Waals surface area contributed by atoms with E-state index in [0.717, 1.165) is 25.0 Å². The minimum Gasteiger partial charge on any atom is -0.351 e. The number of aromatic amines is 1. The minimum atomic E-state index is -0.417. The Bertz CT molecular complexity index is 348. The van der Waals surface area contributed by atoms with Crippen molar-refractivity contribution in [3.05, 3.63) is 18.2 Å². The van der Waals surface area contributed by atoms with Crippen LogP contribution in [-0.2, 0) is 11.2 Å². The number of imidazole rings is 1. The summed E-state index contributed by atoms with van der Waals surface area (Å²) in [7, 11) is 0. The molecule has 3 N–H and O–H groups in total. The molecule has 0 bridgehead atoms. The van der Waals surface area contributed by atoms with Gasteiger partial charge in [-0.3, -0.25) is 4.79 Å². The molecule has 2 atom stereocenters. The maximum Gasteiger partial charge on any atom is 0.152 e. The van der Waals surface area contributed by atoms with Crippen LogP contribution < -0.4 is 5.73 Å². The Labute approximate surface area is 116 Å². The second-order valence-corrected chi connectivity index (χ2v) is 5.23. The van der Waals surface area contributed by atoms with Crippen LogP contribution >= 0.6 is 0 Å². The van der Waals surface area contributed by atoms with Crippen molar-refractivity contribution in [2.24, 2.45) is 11.7 Å². The van der Waals surface area contributed by atoms with Crippen molar-refractivity contribution in [1.82, 2.24) is 9.97 Å². The topological polar surface area (TPSA) is 71.8 Å². The van der Waals surface area contributed by atoms with Crippen molar-refractivity contribution < 1.29 is 4.79 Å². The van der Waals surface area contributed by atoms with Crippen LogP contribution in [0.3, 0.4) is 0 Å². The standard InChI is InChI=1S/C15H27N3O/c1-3-5-6-7-8-12(4-2)15(19)14(16)9-13-10-17-11-18-13/h10-12,14H,3-9,16H2,1-2H3,(H,17,18)/t12?,14-/m0/s1. The molecule has 1 rings (SSSR count). The zero-order chi connectivity index (χ0) is 14.1. The molecule has 0 fully saturated rings. The molecule has 1 heterocycles. The second kappa shape index (κ2) is 8.86. The molecule has 0 aliphatic rings. The normalized spacial score (nSPS) is 14.3. The lowest BCUT2D eigenvalue weighted by Gasteiger charge is -2.18. The lowest BCUT2D eigenvalue weighted by Crippen LogP contribution is -2.37. The number of nitrogens with one attached hydrogen (secondary N) is 1. The third-order valence-corrected chi connectivity index (χ3v) is 3.65. The average Bonchev–Trinajstić information content (AvgIpc) is 2.91. The van der Waals surface area contributed by atoms with Crippen LogP contribution in [0.1, 0.15) is 58.1 Å². The highest BCUT2D eigenvalue weighted by Gasteiger charge is 2.23. The summed E-state index contributed by atoms with van der Waals surface area (Å²) < 4.78 is 0. The van der Waals surface area contributed by atoms with E-state index in [4.69, 9.17) is 5.73 Å². The number of aromatic nitrogens is 2. The van der Waals surface area contributed by atoms with Gasteiger partial charge in [0.15, 0.2) is 5.78 Å². The van der Waals surface area contributed by atoms with Crippen LogP contribution in [-0.4, -0.2) is 21.8 Å². The first-order valence-corrected chi connectivity index (χ1v) is 7.46. The van der Waals surface area contributed by atoms with Gasteiger partial charge in [0, 0.05) is 18.5 Å². The quantitative estimate of drug-likeness (QED) is 0.639. The number of nitrogens with zero attached hydrogens (tertiary/aromatic N) is 1. The first-order chi connectivity index (χ1) is 9.19. The molecule has 0 aliphatic carbocycles. The molecule has 4 nitrogen and oxygen atoms in total. The summed E-state index contributed by atoms with van der Waals surface area (Å²) in [6.45, 7) is 4.27. The van der Waals surface area contributed by atoms with E-state index >= 15 is 0 Å². The van der Waals surface area contributed by atoms with Crippen molar-refractivity contribution in [2.75, 3.05) is 0 Å². The third kappa shape index (κ3) is 5.55. The Morgan fingerprint density at radius 1 is 1.37 bits per heavy atom. The Morgan fingerprint density at radius 3 is 2.74 bits per heavy atom. The van der Waals surface area contributed by atoms with Gasteiger partial charge in [-0.25, -0.2) is 4.98 Å². The zero-order valence-corrected chi connectivity index (χ0v) is 12.2. The predicted molar refractivity (Wildman–Crippen MR) is 77.8 cm³/mol. The number of Topliss-reactive ketones (excluding diaryl/α,β-unsaturated/α-hetero) is 1. The first-order valence-electron chi connectivity index (χ1n) is 7.46. The molecule has 0 radical (unpaired) electrons. The fourth-order valence-corrected chi connectivity index (χ4v) is 2.40. The zero-order valence-electron chi connectivity index (χ0n) is 12.2. The van der Waals surface area contributed by atoms with Crippen LogP contribution in [0.2, 0.25) is 0 Å². The lowest BCUT2D eigenvalue weighted by atomic mass is 9.89. The van der Waals surface area contributed by atoms with Crippen LogP contribution in [0.15, 0.2) is 12.5 Å². The van der Waals surface area contributed by atoms with E-state index in [1.807, 2.05) is 0 Å². The molecule has 19 heavy (non-hydrogen) atoms. The van der Waals surface area contributed by atoms with Crippen LogP contribution in [0.25, 0.3) is 0 Å². The second-order valence-electron chi connectivity index (χ2n) is 5.23. The number of rotatable bonds is 10. The van der Waals surface area contributed by atoms with Crippen molar-refractivity contribution >= 4 is 5.78 Å². The van der Waals surface area contributed by atoms with E-state index < -0.39 is 6.04 Å². The smallest absolute Gasteiger partial charge is 0.152 e. The third-order valence-electron chi connectivity index (χ3n) is 3.65. The van der Waals surface area contributed by atoms with Crippen LogP contribution in [0.4, 0.5) is 0 Å². The summed E-state index contributed by atoms with van der Waals surface area (Å²) >= 11 is 0. The number of carbonyl (C=O) groups excluding carboxylic acids is 1. The number of hydrogen-bond donors (Lipinski definition) is 2. The number of hydrogen-bond acceptors (Lipinski definition) is 3. The summed E-state index contributed by atoms with van der Waals surface area (Å²) in [4.78, 5) is 19.3. The minimum absolute atomic E-state index is 0.116. The van der Waals surface area contributed by atoms with Gasteiger partial charge in [0.2, 0.25) is 0 Å². The van der Waals surface area contributed by atoms with Gasteiger partial charge in [0.05, 0.1) is 18.1 Å². The monoisotopic (exact) mass is 265 g/mol. The van der Waals surface area contributed by atoms with E-state index in [-0.39, 0.29) is 11.7 Å². The fourth-order valence-electron chi connectivity index (χ4n) is 2.40. The van der Waals surface area contributed by atoms with E-state index in [9.17, 15) is 4.79 Å². The maximum absolute atomic E-state index is 12.3. The Hall–Kier alpha value is -1.16. The van der Waals surface area contributed by atoms with E-state index in [2.05, 4.69) is 23.8 Å². The molecule has 0 aromatic carbocycles. The lowest BCUT2D eigenvalue weighted by molar-refractivity contribution is -0.124. The van der Waals surface area contributed by atoms with E-state index in [1.54, 1.807) is 12.5 Å². The Balaban J connectivity index is 2.38. The molecule has 108 valence electrons. The van der Waals surface area contributed by atoms with Crippen molar-refractivity contribution in [3.8, 4) is 0 Å². The SMILES string of the molecule is CCCCCCC(CC)C(=O)[C@@H](N)Cc1c[nH]cn1. The van der Waals surface area contributed by atoms with Crippen molar-refractivity contribution in [1.29, 1.82) is 0 Å². The molecule has 0 saturated heterocycles. The highest BCUT2D eigenvalue weighted by Crippen LogP contribution is 2.17. The van der Waals surface area contributed by atoms with Gasteiger partial charge >= 0.3 is 0 Å². The summed E-state index contributed by atoms with van der Waals surface area (Å²) in [6, 6.07) is -0.417. The van der Waals surface area contributed by atoms with Crippen LogP contribution in [0, 0.1) is 5.92 Å². The average molecular weight is 265 g/mol. The summed E-state index contributed by atoms with van der Waals surface area (Å²) in [6.07, 6.45) is 10.6. The van der Waals surface area contributed by atoms with Gasteiger partial charge in [-0.05, 0) is 12.8 Å².